The van der Waals surface area contributed by atoms with Crippen molar-refractivity contribution in [2.24, 2.45) is 0 Å². The molecule has 0 aliphatic rings. The minimum atomic E-state index is -0.899. The fourth-order valence-electron chi connectivity index (χ4n) is 1.25. The Morgan fingerprint density at radius 1 is 1.25 bits per heavy atom. The zero-order valence-electron chi connectivity index (χ0n) is 7.82. The van der Waals surface area contributed by atoms with E-state index in [9.17, 15) is 5.11 Å². The van der Waals surface area contributed by atoms with Crippen molar-refractivity contribution >= 4 is 46.1 Å². The standard InChI is InChI=1S/C10H6Cl3NOS/c11-5-1-2-7(12)6(3-5)9(15)10-14-4-8(13)16-10/h1-4,9,15H. The molecule has 0 spiro atoms. The molecular weight excluding hydrogens is 289 g/mol. The molecule has 1 heterocycles. The van der Waals surface area contributed by atoms with Crippen LogP contribution in [0.3, 0.4) is 0 Å². The summed E-state index contributed by atoms with van der Waals surface area (Å²) in [7, 11) is 0. The van der Waals surface area contributed by atoms with Crippen LogP contribution < -0.4 is 0 Å². The number of nitrogens with zero attached hydrogens (tertiary/aromatic N) is 1. The molecule has 0 aliphatic carbocycles. The summed E-state index contributed by atoms with van der Waals surface area (Å²) >= 11 is 18.8. The zero-order valence-corrected chi connectivity index (χ0v) is 10.9. The van der Waals surface area contributed by atoms with Gasteiger partial charge in [-0.3, -0.25) is 0 Å². The van der Waals surface area contributed by atoms with Gasteiger partial charge in [-0.25, -0.2) is 4.98 Å². The number of halogens is 3. The molecule has 1 atom stereocenters. The molecule has 0 saturated heterocycles. The molecule has 16 heavy (non-hydrogen) atoms. The normalized spacial score (nSPS) is 12.8. The van der Waals surface area contributed by atoms with Crippen LogP contribution in [0.4, 0.5) is 0 Å². The van der Waals surface area contributed by atoms with Crippen molar-refractivity contribution in [3.05, 3.63) is 49.3 Å². The predicted molar refractivity (Wildman–Crippen MR) is 67.6 cm³/mol. The molecule has 84 valence electrons. The van der Waals surface area contributed by atoms with E-state index in [1.54, 1.807) is 18.2 Å². The van der Waals surface area contributed by atoms with Crippen LogP contribution in [0.5, 0.6) is 0 Å². The van der Waals surface area contributed by atoms with Gasteiger partial charge in [-0.15, -0.1) is 11.3 Å². The number of hydrogen-bond acceptors (Lipinski definition) is 3. The second-order valence-corrected chi connectivity index (χ2v) is 5.61. The monoisotopic (exact) mass is 293 g/mol. The van der Waals surface area contributed by atoms with Crippen LogP contribution in [-0.4, -0.2) is 10.1 Å². The van der Waals surface area contributed by atoms with E-state index in [2.05, 4.69) is 4.98 Å². The summed E-state index contributed by atoms with van der Waals surface area (Å²) in [5.74, 6) is 0. The molecule has 2 rings (SSSR count). The van der Waals surface area contributed by atoms with E-state index in [1.807, 2.05) is 0 Å². The van der Waals surface area contributed by atoms with Gasteiger partial charge in [0.25, 0.3) is 0 Å². The molecule has 1 N–H and O–H groups in total. The SMILES string of the molecule is OC(c1ncc(Cl)s1)c1cc(Cl)ccc1Cl. The van der Waals surface area contributed by atoms with Crippen LogP contribution in [0.25, 0.3) is 0 Å². The van der Waals surface area contributed by atoms with Gasteiger partial charge in [0.15, 0.2) is 0 Å². The van der Waals surface area contributed by atoms with E-state index in [0.29, 0.717) is 25.0 Å². The van der Waals surface area contributed by atoms with Gasteiger partial charge in [-0.05, 0) is 18.2 Å². The minimum absolute atomic E-state index is 0.447. The summed E-state index contributed by atoms with van der Waals surface area (Å²) in [6, 6.07) is 4.91. The third kappa shape index (κ3) is 2.50. The zero-order chi connectivity index (χ0) is 11.7. The third-order valence-electron chi connectivity index (χ3n) is 1.98. The molecule has 0 saturated carbocycles. The largest absolute Gasteiger partial charge is 0.381 e. The highest BCUT2D eigenvalue weighted by Gasteiger charge is 2.17. The van der Waals surface area contributed by atoms with Gasteiger partial charge < -0.3 is 5.11 Å². The van der Waals surface area contributed by atoms with Crippen molar-refractivity contribution in [3.8, 4) is 0 Å². The lowest BCUT2D eigenvalue weighted by atomic mass is 10.1. The van der Waals surface area contributed by atoms with Crippen LogP contribution >= 0.6 is 46.1 Å². The second kappa shape index (κ2) is 4.90. The smallest absolute Gasteiger partial charge is 0.132 e. The van der Waals surface area contributed by atoms with Crippen LogP contribution in [0.1, 0.15) is 16.7 Å². The molecule has 2 aromatic rings. The molecule has 0 amide bonds. The Labute approximate surface area is 111 Å². The lowest BCUT2D eigenvalue weighted by molar-refractivity contribution is 0.220. The van der Waals surface area contributed by atoms with Gasteiger partial charge in [0.05, 0.1) is 6.20 Å². The van der Waals surface area contributed by atoms with E-state index in [4.69, 9.17) is 34.8 Å². The Balaban J connectivity index is 2.40. The van der Waals surface area contributed by atoms with E-state index in [1.165, 1.54) is 17.5 Å². The molecular formula is C10H6Cl3NOS. The highest BCUT2D eigenvalue weighted by atomic mass is 35.5. The fourth-order valence-corrected chi connectivity index (χ4v) is 2.59. The molecule has 1 unspecified atom stereocenters. The first-order chi connectivity index (χ1) is 7.58. The van der Waals surface area contributed by atoms with Gasteiger partial charge in [0.2, 0.25) is 0 Å². The Morgan fingerprint density at radius 2 is 2.00 bits per heavy atom. The molecule has 0 bridgehead atoms. The first-order valence-corrected chi connectivity index (χ1v) is 6.27. The van der Waals surface area contributed by atoms with Crippen molar-refractivity contribution in [3.63, 3.8) is 0 Å². The summed E-state index contributed by atoms with van der Waals surface area (Å²) in [6.45, 7) is 0. The van der Waals surface area contributed by atoms with Gasteiger partial charge in [-0.1, -0.05) is 34.8 Å². The molecule has 2 nitrogen and oxygen atoms in total. The maximum Gasteiger partial charge on any atom is 0.132 e. The summed E-state index contributed by atoms with van der Waals surface area (Å²) in [6.07, 6.45) is 0.590. The maximum atomic E-state index is 10.1. The second-order valence-electron chi connectivity index (χ2n) is 3.07. The first kappa shape index (κ1) is 12.1. The average molecular weight is 295 g/mol. The quantitative estimate of drug-likeness (QED) is 0.901. The van der Waals surface area contributed by atoms with Gasteiger partial charge >= 0.3 is 0 Å². The Kier molecular flexibility index (Phi) is 3.72. The van der Waals surface area contributed by atoms with Crippen LogP contribution in [0, 0.1) is 0 Å². The number of thiazole rings is 1. The molecule has 1 aromatic carbocycles. The number of benzene rings is 1. The Hall–Kier alpha value is -0.320. The van der Waals surface area contributed by atoms with Crippen LogP contribution in [0.2, 0.25) is 14.4 Å². The molecule has 0 fully saturated rings. The lowest BCUT2D eigenvalue weighted by Crippen LogP contribution is -1.99. The first-order valence-electron chi connectivity index (χ1n) is 4.32. The third-order valence-corrected chi connectivity index (χ3v) is 3.73. The number of hydrogen-bond donors (Lipinski definition) is 1. The highest BCUT2D eigenvalue weighted by molar-refractivity contribution is 7.15. The predicted octanol–water partition coefficient (Wildman–Crippen LogP) is 4.19. The van der Waals surface area contributed by atoms with Crippen molar-refractivity contribution in [2.75, 3.05) is 0 Å². The summed E-state index contributed by atoms with van der Waals surface area (Å²) in [5.41, 5.74) is 0.528. The van der Waals surface area contributed by atoms with E-state index in [0.717, 1.165) is 0 Å². The number of aliphatic hydroxyl groups excluding tert-OH is 1. The minimum Gasteiger partial charge on any atom is -0.381 e. The van der Waals surface area contributed by atoms with Gasteiger partial charge in [0.1, 0.15) is 15.4 Å². The van der Waals surface area contributed by atoms with Crippen LogP contribution in [0.15, 0.2) is 24.4 Å². The van der Waals surface area contributed by atoms with Crippen LogP contribution in [-0.2, 0) is 0 Å². The lowest BCUT2D eigenvalue weighted by Gasteiger charge is -2.10. The topological polar surface area (TPSA) is 33.1 Å². The van der Waals surface area contributed by atoms with Crippen molar-refractivity contribution in [1.82, 2.24) is 4.98 Å². The molecule has 0 aliphatic heterocycles. The summed E-state index contributed by atoms with van der Waals surface area (Å²) in [5, 5.41) is 11.5. The van der Waals surface area contributed by atoms with Crippen molar-refractivity contribution < 1.29 is 5.11 Å². The summed E-state index contributed by atoms with van der Waals surface area (Å²) < 4.78 is 0.521. The Morgan fingerprint density at radius 3 is 2.62 bits per heavy atom. The van der Waals surface area contributed by atoms with Gasteiger partial charge in [-0.2, -0.15) is 0 Å². The molecule has 0 radical (unpaired) electrons. The number of aromatic nitrogens is 1. The fraction of sp³-hybridized carbons (Fsp3) is 0.100. The van der Waals surface area contributed by atoms with E-state index >= 15 is 0 Å². The average Bonchev–Trinajstić information content (AvgIpc) is 2.67. The maximum absolute atomic E-state index is 10.1. The van der Waals surface area contributed by atoms with Crippen molar-refractivity contribution in [2.45, 2.75) is 6.10 Å². The summed E-state index contributed by atoms with van der Waals surface area (Å²) in [4.78, 5) is 4.00. The molecule has 6 heteroatoms. The Bertz CT molecular complexity index is 515. The molecule has 1 aromatic heterocycles. The highest BCUT2D eigenvalue weighted by Crippen LogP contribution is 2.33. The van der Waals surface area contributed by atoms with E-state index in [-0.39, 0.29) is 0 Å². The van der Waals surface area contributed by atoms with Gasteiger partial charge in [0, 0.05) is 15.6 Å². The number of rotatable bonds is 2. The van der Waals surface area contributed by atoms with E-state index < -0.39 is 6.10 Å². The van der Waals surface area contributed by atoms with Crippen molar-refractivity contribution in [1.29, 1.82) is 0 Å². The number of aliphatic hydroxyl groups is 1.